The first-order chi connectivity index (χ1) is 29.5. The second-order valence-corrected chi connectivity index (χ2v) is 16.1. The average Bonchev–Trinajstić information content (AvgIpc) is 3.66. The molecule has 4 aromatic carbocycles. The van der Waals surface area contributed by atoms with Gasteiger partial charge in [0, 0.05) is 75.5 Å². The minimum Gasteiger partial charge on any atom is -0.506 e. The van der Waals surface area contributed by atoms with Gasteiger partial charge in [0.05, 0.1) is 34.3 Å². The number of methoxy groups -OCH3 is 1. The smallest absolute Gasteiger partial charge is 0.411 e. The molecular formula is C44H51ClN6O9S. The molecule has 0 radical (unpaired) electrons. The number of piperidine rings is 1. The third-order valence-electron chi connectivity index (χ3n) is 10.4. The van der Waals surface area contributed by atoms with Crippen LogP contribution in [0.1, 0.15) is 49.3 Å². The average molecular weight is 875 g/mol. The number of aliphatic hydroxyl groups is 1. The fourth-order valence-corrected chi connectivity index (χ4v) is 8.24. The summed E-state index contributed by atoms with van der Waals surface area (Å²) in [7, 11) is 3.17. The molecule has 2 heterocycles. The number of H-pyrrole nitrogens is 1. The van der Waals surface area contributed by atoms with Gasteiger partial charge in [-0.25, -0.2) is 9.59 Å². The highest BCUT2D eigenvalue weighted by atomic mass is 35.5. The summed E-state index contributed by atoms with van der Waals surface area (Å²) in [5.41, 5.74) is 4.51. The van der Waals surface area contributed by atoms with E-state index in [0.29, 0.717) is 95.4 Å². The highest BCUT2D eigenvalue weighted by Gasteiger charge is 2.24. The molecule has 0 bridgehead atoms. The van der Waals surface area contributed by atoms with E-state index in [4.69, 9.17) is 25.8 Å². The normalized spacial score (nSPS) is 13.7. The second-order valence-electron chi connectivity index (χ2n) is 14.7. The molecule has 324 valence electrons. The number of anilines is 2. The zero-order chi connectivity index (χ0) is 43.3. The number of aromatic amines is 1. The topological polar surface area (TPSA) is 195 Å². The number of aromatic nitrogens is 1. The Kier molecular flexibility index (Phi) is 16.0. The fraction of sp³-hybridized carbons (Fsp3) is 0.364. The molecule has 0 spiro atoms. The van der Waals surface area contributed by atoms with E-state index in [0.717, 1.165) is 22.5 Å². The molecule has 0 unspecified atom stereocenters. The van der Waals surface area contributed by atoms with Crippen LogP contribution < -0.4 is 25.6 Å². The van der Waals surface area contributed by atoms with Crippen molar-refractivity contribution in [3.63, 3.8) is 0 Å². The molecule has 0 saturated carbocycles. The molecule has 6 rings (SSSR count). The standard InChI is InChI=1S/C44H51ClN6O9S/c1-50(44(57)59-23-22-51-20-17-30(18-21-51)60-42(55)48-34-13-7-6-12-31(34)28-10-4-3-5-11-28)19-9-8-14-39(54)47-35-25-38(58-2)29(24-33(35)45)26-46-27-37(53)32-15-16-36(52)40-41(32)61-43(56)49-40/h3-7,10-13,15-16,24-25,30,37,46,52-53H,8-9,14,17-23,26-27H2,1-2H3,(H,47,54)(H,48,55)(H,49,56)/t37-/m0/s1. The molecular weight excluding hydrogens is 824 g/mol. The van der Waals surface area contributed by atoms with Crippen LogP contribution in [-0.4, -0.2) is 103 Å². The second kappa shape index (κ2) is 21.7. The van der Waals surface area contributed by atoms with Gasteiger partial charge in [-0.05, 0) is 49.4 Å². The lowest BCUT2D eigenvalue weighted by Crippen LogP contribution is -2.40. The summed E-state index contributed by atoms with van der Waals surface area (Å²) in [5, 5.41) is 30.1. The number of phenolic OH excluding ortho intramolecular Hbond substituents is 1. The minimum absolute atomic E-state index is 0.0651. The quantitative estimate of drug-likeness (QED) is 0.0483. The number of ether oxygens (including phenoxy) is 3. The number of para-hydroxylation sites is 1. The molecule has 15 nitrogen and oxygen atoms in total. The first kappa shape index (κ1) is 44.9. The molecule has 1 aliphatic heterocycles. The third kappa shape index (κ3) is 12.5. The largest absolute Gasteiger partial charge is 0.506 e. The number of aromatic hydroxyl groups is 1. The molecule has 1 atom stereocenters. The van der Waals surface area contributed by atoms with E-state index >= 15 is 0 Å². The zero-order valence-electron chi connectivity index (χ0n) is 34.1. The van der Waals surface area contributed by atoms with Gasteiger partial charge in [-0.1, -0.05) is 77.5 Å². The van der Waals surface area contributed by atoms with E-state index in [2.05, 4.69) is 25.8 Å². The molecule has 61 heavy (non-hydrogen) atoms. The number of benzene rings is 4. The van der Waals surface area contributed by atoms with E-state index < -0.39 is 18.3 Å². The number of thiazole rings is 1. The first-order valence-corrected chi connectivity index (χ1v) is 21.3. The lowest BCUT2D eigenvalue weighted by Gasteiger charge is -2.31. The Morgan fingerprint density at radius 3 is 2.52 bits per heavy atom. The maximum absolute atomic E-state index is 12.8. The Morgan fingerprint density at radius 2 is 1.75 bits per heavy atom. The molecule has 1 aromatic heterocycles. The number of hydrogen-bond donors (Lipinski definition) is 6. The number of rotatable bonds is 18. The molecule has 1 fully saturated rings. The molecule has 6 N–H and O–H groups in total. The van der Waals surface area contributed by atoms with Crippen LogP contribution in [0.3, 0.4) is 0 Å². The number of amides is 3. The predicted molar refractivity (Wildman–Crippen MR) is 237 cm³/mol. The number of nitrogens with zero attached hydrogens (tertiary/aromatic N) is 2. The number of fused-ring (bicyclic) bond motifs is 1. The number of aliphatic hydroxyl groups excluding tert-OH is 1. The number of carbonyl (C=O) groups is 3. The molecule has 5 aromatic rings. The predicted octanol–water partition coefficient (Wildman–Crippen LogP) is 7.34. The fourth-order valence-electron chi connectivity index (χ4n) is 7.09. The Morgan fingerprint density at radius 1 is 1.00 bits per heavy atom. The zero-order valence-corrected chi connectivity index (χ0v) is 35.7. The van der Waals surface area contributed by atoms with Crippen molar-refractivity contribution in [2.75, 3.05) is 64.1 Å². The Balaban J connectivity index is 0.839. The minimum atomic E-state index is -0.958. The number of nitrogens with one attached hydrogen (secondary N) is 4. The van der Waals surface area contributed by atoms with Gasteiger partial charge < -0.3 is 44.9 Å². The summed E-state index contributed by atoms with van der Waals surface area (Å²) in [4.78, 5) is 55.9. The molecule has 17 heteroatoms. The van der Waals surface area contributed by atoms with Crippen molar-refractivity contribution < 1.29 is 38.8 Å². The van der Waals surface area contributed by atoms with Crippen molar-refractivity contribution in [1.82, 2.24) is 20.1 Å². The Labute approximate surface area is 362 Å². The molecule has 3 amide bonds. The van der Waals surface area contributed by atoms with Gasteiger partial charge >= 0.3 is 17.1 Å². The van der Waals surface area contributed by atoms with Crippen molar-refractivity contribution in [3.05, 3.63) is 105 Å². The van der Waals surface area contributed by atoms with Crippen molar-refractivity contribution in [1.29, 1.82) is 0 Å². The van der Waals surface area contributed by atoms with Crippen LogP contribution in [0.2, 0.25) is 5.02 Å². The number of carbonyl (C=O) groups excluding carboxylic acids is 3. The molecule has 0 aliphatic carbocycles. The van der Waals surface area contributed by atoms with Gasteiger partial charge in [0.15, 0.2) is 0 Å². The van der Waals surface area contributed by atoms with Gasteiger partial charge in [0.1, 0.15) is 29.7 Å². The first-order valence-electron chi connectivity index (χ1n) is 20.1. The lowest BCUT2D eigenvalue weighted by molar-refractivity contribution is -0.116. The highest BCUT2D eigenvalue weighted by Crippen LogP contribution is 2.33. The van der Waals surface area contributed by atoms with Crippen LogP contribution in [0.25, 0.3) is 21.3 Å². The number of unbranched alkanes of at least 4 members (excludes halogenated alkanes) is 1. The van der Waals surface area contributed by atoms with Gasteiger partial charge in [-0.3, -0.25) is 19.8 Å². The SMILES string of the molecule is COc1cc(NC(=O)CCCCN(C)C(=O)OCCN2CCC(OC(=O)Nc3ccccc3-c3ccccc3)CC2)c(Cl)cc1CNC[C@H](O)c1ccc(O)c2[nH]c(=O)sc12. The van der Waals surface area contributed by atoms with Gasteiger partial charge in [-0.15, -0.1) is 0 Å². The van der Waals surface area contributed by atoms with Gasteiger partial charge in [0.25, 0.3) is 0 Å². The number of halogens is 1. The number of phenols is 1. The summed E-state index contributed by atoms with van der Waals surface area (Å²) >= 11 is 7.46. The maximum atomic E-state index is 12.8. The van der Waals surface area contributed by atoms with E-state index in [-0.39, 0.29) is 48.8 Å². The highest BCUT2D eigenvalue weighted by molar-refractivity contribution is 7.16. The van der Waals surface area contributed by atoms with Crippen LogP contribution in [0.15, 0.2) is 83.7 Å². The lowest BCUT2D eigenvalue weighted by atomic mass is 10.0. The summed E-state index contributed by atoms with van der Waals surface area (Å²) in [6, 6.07) is 23.8. The summed E-state index contributed by atoms with van der Waals surface area (Å²) in [6.07, 6.45) is 0.613. The van der Waals surface area contributed by atoms with Gasteiger partial charge in [-0.2, -0.15) is 0 Å². The van der Waals surface area contributed by atoms with Crippen molar-refractivity contribution in [2.45, 2.75) is 50.9 Å². The number of hydrogen-bond acceptors (Lipinski definition) is 12. The van der Waals surface area contributed by atoms with Gasteiger partial charge in [0.2, 0.25) is 5.91 Å². The monoisotopic (exact) mass is 874 g/mol. The van der Waals surface area contributed by atoms with Crippen molar-refractivity contribution >= 4 is 62.6 Å². The molecule has 1 aliphatic rings. The van der Waals surface area contributed by atoms with E-state index in [9.17, 15) is 29.4 Å². The van der Waals surface area contributed by atoms with E-state index in [1.165, 1.54) is 18.1 Å². The summed E-state index contributed by atoms with van der Waals surface area (Å²) in [5.74, 6) is 0.182. The number of likely N-dealkylation sites (tertiary alicyclic amines) is 1. The summed E-state index contributed by atoms with van der Waals surface area (Å²) in [6.45, 7) is 3.08. The van der Waals surface area contributed by atoms with Crippen LogP contribution in [0.4, 0.5) is 21.0 Å². The third-order valence-corrected chi connectivity index (χ3v) is 11.6. The van der Waals surface area contributed by atoms with E-state index in [1.807, 2.05) is 54.6 Å². The van der Waals surface area contributed by atoms with Crippen molar-refractivity contribution in [3.8, 4) is 22.6 Å². The maximum Gasteiger partial charge on any atom is 0.411 e. The molecule has 1 saturated heterocycles. The van der Waals surface area contributed by atoms with Crippen molar-refractivity contribution in [2.24, 2.45) is 0 Å². The van der Waals surface area contributed by atoms with Crippen LogP contribution in [0, 0.1) is 0 Å². The summed E-state index contributed by atoms with van der Waals surface area (Å²) < 4.78 is 17.3. The Hall–Kier alpha value is -5.65. The van der Waals surface area contributed by atoms with Crippen LogP contribution in [-0.2, 0) is 20.8 Å². The Bertz CT molecular complexity index is 2330. The van der Waals surface area contributed by atoms with Crippen LogP contribution in [0.5, 0.6) is 11.5 Å². The van der Waals surface area contributed by atoms with Crippen LogP contribution >= 0.6 is 22.9 Å². The van der Waals surface area contributed by atoms with E-state index in [1.54, 1.807) is 25.2 Å².